The number of benzene rings is 1. The molecular formula is C23H39N5O3. The molecule has 0 aliphatic heterocycles. The van der Waals surface area contributed by atoms with E-state index < -0.39 is 0 Å². The van der Waals surface area contributed by atoms with Crippen molar-refractivity contribution in [3.8, 4) is 5.75 Å². The molecule has 1 rings (SSSR count). The molecule has 1 amide bonds. The van der Waals surface area contributed by atoms with Crippen LogP contribution in [0.1, 0.15) is 25.8 Å². The van der Waals surface area contributed by atoms with E-state index in [1.54, 1.807) is 7.05 Å². The number of ether oxygens (including phenoxy) is 1. The van der Waals surface area contributed by atoms with Gasteiger partial charge in [-0.15, -0.1) is 0 Å². The molecule has 8 nitrogen and oxygen atoms in total. The van der Waals surface area contributed by atoms with E-state index in [9.17, 15) is 9.59 Å². The Morgan fingerprint density at radius 2 is 1.97 bits per heavy atom. The van der Waals surface area contributed by atoms with E-state index in [-0.39, 0.29) is 18.5 Å². The Labute approximate surface area is 186 Å². The normalized spacial score (nSPS) is 11.7. The monoisotopic (exact) mass is 433 g/mol. The number of carbonyl (C=O) groups excluding carboxylic acids is 2. The van der Waals surface area contributed by atoms with E-state index in [4.69, 9.17) is 4.74 Å². The molecule has 0 saturated carbocycles. The summed E-state index contributed by atoms with van der Waals surface area (Å²) < 4.78 is 5.91. The van der Waals surface area contributed by atoms with Crippen molar-refractivity contribution in [2.75, 3.05) is 46.4 Å². The van der Waals surface area contributed by atoms with Crippen LogP contribution in [-0.2, 0) is 16.0 Å². The van der Waals surface area contributed by atoms with Crippen LogP contribution in [-0.4, -0.2) is 70.7 Å². The van der Waals surface area contributed by atoms with Gasteiger partial charge in [-0.3, -0.25) is 4.79 Å². The van der Waals surface area contributed by atoms with Crippen LogP contribution in [0, 0.1) is 0 Å². The average Bonchev–Trinajstić information content (AvgIpc) is 2.76. The maximum absolute atomic E-state index is 12.3. The summed E-state index contributed by atoms with van der Waals surface area (Å²) in [5.74, 6) is 0.873. The SMILES string of the molecule is C=C(CNCCOc1ccccc1CCCNC(=O)C(CNC(C)C)NC)NCC=O. The van der Waals surface area contributed by atoms with Gasteiger partial charge < -0.3 is 36.1 Å². The molecule has 0 aliphatic carbocycles. The predicted octanol–water partition coefficient (Wildman–Crippen LogP) is 0.592. The summed E-state index contributed by atoms with van der Waals surface area (Å²) >= 11 is 0. The lowest BCUT2D eigenvalue weighted by atomic mass is 10.1. The van der Waals surface area contributed by atoms with Gasteiger partial charge in [0.25, 0.3) is 0 Å². The van der Waals surface area contributed by atoms with Crippen LogP contribution >= 0.6 is 0 Å². The van der Waals surface area contributed by atoms with Crippen LogP contribution < -0.4 is 31.3 Å². The van der Waals surface area contributed by atoms with E-state index in [2.05, 4.69) is 53.1 Å². The number of amides is 1. The van der Waals surface area contributed by atoms with Crippen molar-refractivity contribution >= 4 is 12.2 Å². The Kier molecular flexibility index (Phi) is 14.0. The van der Waals surface area contributed by atoms with Crippen LogP contribution in [0.3, 0.4) is 0 Å². The first-order chi connectivity index (χ1) is 15.0. The third-order valence-corrected chi connectivity index (χ3v) is 4.60. The second kappa shape index (κ2) is 16.3. The zero-order chi connectivity index (χ0) is 22.9. The molecule has 1 aromatic rings. The maximum Gasteiger partial charge on any atom is 0.238 e. The van der Waals surface area contributed by atoms with Crippen molar-refractivity contribution in [3.63, 3.8) is 0 Å². The third-order valence-electron chi connectivity index (χ3n) is 4.60. The van der Waals surface area contributed by atoms with Crippen LogP contribution in [0.2, 0.25) is 0 Å². The highest BCUT2D eigenvalue weighted by Crippen LogP contribution is 2.19. The Hall–Kier alpha value is -2.42. The Morgan fingerprint density at radius 3 is 2.68 bits per heavy atom. The van der Waals surface area contributed by atoms with Gasteiger partial charge in [0, 0.05) is 37.9 Å². The fourth-order valence-corrected chi connectivity index (χ4v) is 2.87. The maximum atomic E-state index is 12.3. The number of nitrogens with one attached hydrogen (secondary N) is 5. The van der Waals surface area contributed by atoms with Crippen LogP contribution in [0.4, 0.5) is 0 Å². The van der Waals surface area contributed by atoms with Gasteiger partial charge in [-0.2, -0.15) is 0 Å². The Balaban J connectivity index is 2.31. The minimum absolute atomic E-state index is 0.00970. The molecule has 174 valence electrons. The molecule has 0 fully saturated rings. The molecule has 0 aliphatic rings. The minimum atomic E-state index is -0.241. The molecule has 0 aromatic heterocycles. The fourth-order valence-electron chi connectivity index (χ4n) is 2.87. The van der Waals surface area contributed by atoms with Gasteiger partial charge in [0.05, 0.1) is 12.6 Å². The van der Waals surface area contributed by atoms with Crippen molar-refractivity contribution < 1.29 is 14.3 Å². The molecular weight excluding hydrogens is 394 g/mol. The zero-order valence-electron chi connectivity index (χ0n) is 19.1. The van der Waals surface area contributed by atoms with Gasteiger partial charge in [0.2, 0.25) is 5.91 Å². The van der Waals surface area contributed by atoms with E-state index in [1.807, 2.05) is 18.2 Å². The highest BCUT2D eigenvalue weighted by molar-refractivity contribution is 5.81. The lowest BCUT2D eigenvalue weighted by Crippen LogP contribution is -2.49. The Bertz CT molecular complexity index is 666. The summed E-state index contributed by atoms with van der Waals surface area (Å²) in [6.45, 7) is 11.2. The number of likely N-dealkylation sites (N-methyl/N-ethyl adjacent to an activating group) is 1. The molecule has 0 saturated heterocycles. The first kappa shape index (κ1) is 26.6. The summed E-state index contributed by atoms with van der Waals surface area (Å²) in [6, 6.07) is 8.07. The smallest absolute Gasteiger partial charge is 0.238 e. The highest BCUT2D eigenvalue weighted by atomic mass is 16.5. The van der Waals surface area contributed by atoms with Crippen LogP contribution in [0.5, 0.6) is 5.75 Å². The van der Waals surface area contributed by atoms with Gasteiger partial charge >= 0.3 is 0 Å². The van der Waals surface area contributed by atoms with Crippen molar-refractivity contribution in [3.05, 3.63) is 42.1 Å². The van der Waals surface area contributed by atoms with Gasteiger partial charge in [0.1, 0.15) is 18.6 Å². The van der Waals surface area contributed by atoms with Gasteiger partial charge in [-0.05, 0) is 31.5 Å². The zero-order valence-corrected chi connectivity index (χ0v) is 19.1. The predicted molar refractivity (Wildman–Crippen MR) is 125 cm³/mol. The standard InChI is InChI=1S/C23H39N5O3/c1-18(2)28-17-21(24-4)23(30)27-11-7-9-20-8-5-6-10-22(20)31-15-13-25-16-19(3)26-12-14-29/h5-6,8,10,14,18,21,24-26,28H,3,7,9,11-13,15-17H2,1-2,4H3,(H,27,30). The largest absolute Gasteiger partial charge is 0.492 e. The van der Waals surface area contributed by atoms with E-state index in [0.29, 0.717) is 38.8 Å². The average molecular weight is 434 g/mol. The lowest BCUT2D eigenvalue weighted by Gasteiger charge is -2.18. The molecule has 0 spiro atoms. The lowest BCUT2D eigenvalue weighted by molar-refractivity contribution is -0.123. The summed E-state index contributed by atoms with van der Waals surface area (Å²) in [6.07, 6.45) is 2.46. The molecule has 1 unspecified atom stereocenters. The van der Waals surface area contributed by atoms with Gasteiger partial charge in [-0.25, -0.2) is 0 Å². The summed E-state index contributed by atoms with van der Waals surface area (Å²) in [5, 5.41) is 15.5. The molecule has 0 heterocycles. The number of hydrogen-bond acceptors (Lipinski definition) is 7. The number of rotatable bonds is 18. The number of carbonyl (C=O) groups is 2. The second-order valence-corrected chi connectivity index (χ2v) is 7.58. The number of hydrogen-bond donors (Lipinski definition) is 5. The van der Waals surface area contributed by atoms with Crippen molar-refractivity contribution in [1.82, 2.24) is 26.6 Å². The molecule has 8 heteroatoms. The third kappa shape index (κ3) is 12.1. The van der Waals surface area contributed by atoms with Crippen molar-refractivity contribution in [2.45, 2.75) is 38.8 Å². The Morgan fingerprint density at radius 1 is 1.19 bits per heavy atom. The number of aryl methyl sites for hydroxylation is 1. The summed E-state index contributed by atoms with van der Waals surface area (Å²) in [4.78, 5) is 22.6. The van der Waals surface area contributed by atoms with Crippen molar-refractivity contribution in [1.29, 1.82) is 0 Å². The molecule has 0 radical (unpaired) electrons. The molecule has 0 bridgehead atoms. The van der Waals surface area contributed by atoms with Crippen LogP contribution in [0.25, 0.3) is 0 Å². The van der Waals surface area contributed by atoms with E-state index in [0.717, 1.165) is 36.1 Å². The number of para-hydroxylation sites is 1. The number of aldehydes is 1. The fraction of sp³-hybridized carbons (Fsp3) is 0.565. The van der Waals surface area contributed by atoms with Gasteiger partial charge in [0.15, 0.2) is 0 Å². The quantitative estimate of drug-likeness (QED) is 0.171. The van der Waals surface area contributed by atoms with Crippen molar-refractivity contribution in [2.24, 2.45) is 0 Å². The second-order valence-electron chi connectivity index (χ2n) is 7.58. The van der Waals surface area contributed by atoms with E-state index >= 15 is 0 Å². The summed E-state index contributed by atoms with van der Waals surface area (Å²) in [5.41, 5.74) is 1.90. The minimum Gasteiger partial charge on any atom is -0.492 e. The summed E-state index contributed by atoms with van der Waals surface area (Å²) in [7, 11) is 1.80. The first-order valence-electron chi connectivity index (χ1n) is 10.9. The molecule has 1 aromatic carbocycles. The van der Waals surface area contributed by atoms with Crippen LogP contribution in [0.15, 0.2) is 36.5 Å². The first-order valence-corrected chi connectivity index (χ1v) is 10.9. The molecule has 31 heavy (non-hydrogen) atoms. The molecule has 5 N–H and O–H groups in total. The topological polar surface area (TPSA) is 104 Å². The highest BCUT2D eigenvalue weighted by Gasteiger charge is 2.15. The molecule has 1 atom stereocenters. The van der Waals surface area contributed by atoms with E-state index in [1.165, 1.54) is 0 Å². The van der Waals surface area contributed by atoms with Gasteiger partial charge in [-0.1, -0.05) is 38.6 Å².